The summed E-state index contributed by atoms with van der Waals surface area (Å²) >= 11 is 0. The first-order valence-electron chi connectivity index (χ1n) is 9.90. The molecular weight excluding hydrogens is 340 g/mol. The van der Waals surface area contributed by atoms with Gasteiger partial charge in [0.2, 0.25) is 0 Å². The average molecular weight is 364 g/mol. The van der Waals surface area contributed by atoms with Crippen molar-refractivity contribution in [3.8, 4) is 0 Å². The lowest BCUT2D eigenvalue weighted by atomic mass is 9.94. The number of fused-ring (bicyclic) bond motifs is 2. The van der Waals surface area contributed by atoms with Crippen molar-refractivity contribution in [1.29, 1.82) is 0 Å². The Balaban J connectivity index is 1.40. The molecule has 2 aliphatic rings. The molecule has 6 nitrogen and oxygen atoms in total. The van der Waals surface area contributed by atoms with Gasteiger partial charge in [0.25, 0.3) is 5.91 Å². The van der Waals surface area contributed by atoms with Crippen LogP contribution in [-0.4, -0.2) is 38.7 Å². The summed E-state index contributed by atoms with van der Waals surface area (Å²) in [5, 5.41) is 4.59. The minimum absolute atomic E-state index is 0.0644. The topological polar surface area (TPSA) is 64.2 Å². The van der Waals surface area contributed by atoms with Crippen LogP contribution in [0, 0.1) is 0 Å². The fourth-order valence-corrected chi connectivity index (χ4v) is 4.52. The largest absolute Gasteiger partial charge is 0.440 e. The molecule has 1 aromatic carbocycles. The molecule has 0 saturated carbocycles. The number of likely N-dealkylation sites (tertiary alicyclic amines) is 1. The monoisotopic (exact) mass is 364 g/mol. The number of carbonyl (C=O) groups excluding carboxylic acids is 1. The molecule has 2 aromatic heterocycles. The first-order valence-corrected chi connectivity index (χ1v) is 9.90. The van der Waals surface area contributed by atoms with Crippen LogP contribution in [0.5, 0.6) is 0 Å². The Bertz CT molecular complexity index is 970. The van der Waals surface area contributed by atoms with Crippen molar-refractivity contribution in [2.24, 2.45) is 7.05 Å². The number of para-hydroxylation sites is 2. The standard InChI is InChI=1S/C21H24N4O2/c1-24-17-10-4-2-8-15(17)19(23-24)21(26)25-12-6-7-14(13-25)20-22-16-9-3-5-11-18(16)27-20/h3,5,9,11,14H,2,4,6-8,10,12-13H2,1H3. The summed E-state index contributed by atoms with van der Waals surface area (Å²) in [7, 11) is 1.96. The van der Waals surface area contributed by atoms with Crippen molar-refractivity contribution in [1.82, 2.24) is 19.7 Å². The molecule has 1 saturated heterocycles. The van der Waals surface area contributed by atoms with Crippen molar-refractivity contribution in [2.45, 2.75) is 44.4 Å². The number of nitrogens with zero attached hydrogens (tertiary/aromatic N) is 4. The Morgan fingerprint density at radius 3 is 2.93 bits per heavy atom. The van der Waals surface area contributed by atoms with E-state index in [1.807, 2.05) is 40.9 Å². The van der Waals surface area contributed by atoms with Crippen LogP contribution < -0.4 is 0 Å². The number of benzene rings is 1. The van der Waals surface area contributed by atoms with Gasteiger partial charge in [-0.3, -0.25) is 9.48 Å². The van der Waals surface area contributed by atoms with Crippen LogP contribution in [0.15, 0.2) is 28.7 Å². The Hall–Kier alpha value is -2.63. The minimum Gasteiger partial charge on any atom is -0.440 e. The smallest absolute Gasteiger partial charge is 0.274 e. The molecule has 6 heteroatoms. The lowest BCUT2D eigenvalue weighted by molar-refractivity contribution is 0.0691. The number of hydrogen-bond donors (Lipinski definition) is 0. The Morgan fingerprint density at radius 2 is 2.04 bits per heavy atom. The van der Waals surface area contributed by atoms with Crippen LogP contribution in [0.3, 0.4) is 0 Å². The molecule has 0 bridgehead atoms. The highest BCUT2D eigenvalue weighted by molar-refractivity contribution is 5.94. The first-order chi connectivity index (χ1) is 13.2. The summed E-state index contributed by atoms with van der Waals surface area (Å²) in [5.74, 6) is 0.959. The third-order valence-electron chi connectivity index (χ3n) is 5.94. The maximum atomic E-state index is 13.2. The molecule has 3 aromatic rings. The summed E-state index contributed by atoms with van der Waals surface area (Å²) < 4.78 is 7.87. The molecule has 1 atom stereocenters. The maximum absolute atomic E-state index is 13.2. The zero-order chi connectivity index (χ0) is 18.4. The van der Waals surface area contributed by atoms with Crippen molar-refractivity contribution < 1.29 is 9.21 Å². The predicted molar refractivity (Wildman–Crippen MR) is 102 cm³/mol. The number of hydrogen-bond acceptors (Lipinski definition) is 4. The second-order valence-electron chi connectivity index (χ2n) is 7.71. The minimum atomic E-state index is 0.0644. The third-order valence-corrected chi connectivity index (χ3v) is 5.94. The number of carbonyl (C=O) groups is 1. The van der Waals surface area contributed by atoms with E-state index in [0.29, 0.717) is 12.2 Å². The van der Waals surface area contributed by atoms with Crippen LogP contribution in [-0.2, 0) is 19.9 Å². The van der Waals surface area contributed by atoms with E-state index < -0.39 is 0 Å². The quantitative estimate of drug-likeness (QED) is 0.698. The number of amides is 1. The maximum Gasteiger partial charge on any atom is 0.274 e. The highest BCUT2D eigenvalue weighted by Crippen LogP contribution is 2.31. The fraction of sp³-hybridized carbons (Fsp3) is 0.476. The molecule has 1 aliphatic carbocycles. The van der Waals surface area contributed by atoms with Crippen LogP contribution in [0.25, 0.3) is 11.1 Å². The number of aromatic nitrogens is 3. The van der Waals surface area contributed by atoms with Crippen molar-refractivity contribution >= 4 is 17.0 Å². The van der Waals surface area contributed by atoms with Crippen LogP contribution in [0.1, 0.15) is 59.2 Å². The van der Waals surface area contributed by atoms with Crippen LogP contribution in [0.2, 0.25) is 0 Å². The van der Waals surface area contributed by atoms with E-state index in [1.165, 1.54) is 12.1 Å². The van der Waals surface area contributed by atoms with Gasteiger partial charge in [-0.05, 0) is 50.7 Å². The van der Waals surface area contributed by atoms with Gasteiger partial charge in [-0.25, -0.2) is 4.98 Å². The zero-order valence-corrected chi connectivity index (χ0v) is 15.6. The van der Waals surface area contributed by atoms with Gasteiger partial charge in [0.05, 0.1) is 5.92 Å². The lowest BCUT2D eigenvalue weighted by Crippen LogP contribution is -2.39. The number of rotatable bonds is 2. The molecule has 27 heavy (non-hydrogen) atoms. The van der Waals surface area contributed by atoms with Gasteiger partial charge in [0.15, 0.2) is 17.2 Å². The SMILES string of the molecule is Cn1nc(C(=O)N2CCCC(c3nc4ccccc4o3)C2)c2c1CCCC2. The molecule has 0 spiro atoms. The molecule has 1 fully saturated rings. The second-order valence-corrected chi connectivity index (χ2v) is 7.71. The molecule has 0 N–H and O–H groups in total. The molecule has 0 radical (unpaired) electrons. The van der Waals surface area contributed by atoms with E-state index in [1.54, 1.807) is 0 Å². The Kier molecular flexibility index (Phi) is 3.99. The van der Waals surface area contributed by atoms with Gasteiger partial charge in [-0.2, -0.15) is 5.10 Å². The molecule has 1 unspecified atom stereocenters. The Labute approximate surface area is 158 Å². The van der Waals surface area contributed by atoms with E-state index in [4.69, 9.17) is 4.42 Å². The summed E-state index contributed by atoms with van der Waals surface area (Å²) in [6.45, 7) is 1.43. The van der Waals surface area contributed by atoms with E-state index >= 15 is 0 Å². The van der Waals surface area contributed by atoms with Gasteiger partial charge in [-0.15, -0.1) is 0 Å². The highest BCUT2D eigenvalue weighted by atomic mass is 16.3. The van der Waals surface area contributed by atoms with Crippen LogP contribution in [0.4, 0.5) is 0 Å². The summed E-state index contributed by atoms with van der Waals surface area (Å²) in [4.78, 5) is 19.8. The number of piperidine rings is 1. The first kappa shape index (κ1) is 16.5. The fourth-order valence-electron chi connectivity index (χ4n) is 4.52. The van der Waals surface area contributed by atoms with Gasteiger partial charge in [-0.1, -0.05) is 12.1 Å². The third kappa shape index (κ3) is 2.83. The van der Waals surface area contributed by atoms with E-state index in [2.05, 4.69) is 10.1 Å². The average Bonchev–Trinajstić information content (AvgIpc) is 3.29. The van der Waals surface area contributed by atoms with Gasteiger partial charge >= 0.3 is 0 Å². The molecular formula is C21H24N4O2. The number of oxazole rings is 1. The second kappa shape index (κ2) is 6.51. The molecule has 5 rings (SSSR count). The summed E-state index contributed by atoms with van der Waals surface area (Å²) in [6, 6.07) is 7.83. The Morgan fingerprint density at radius 1 is 1.19 bits per heavy atom. The lowest BCUT2D eigenvalue weighted by Gasteiger charge is -2.31. The molecule has 1 amide bonds. The van der Waals surface area contributed by atoms with Gasteiger partial charge in [0, 0.05) is 31.4 Å². The van der Waals surface area contributed by atoms with E-state index in [9.17, 15) is 4.79 Å². The van der Waals surface area contributed by atoms with Gasteiger partial charge in [0.1, 0.15) is 5.52 Å². The predicted octanol–water partition coefficient (Wildman–Crippen LogP) is 3.46. The number of aryl methyl sites for hydroxylation is 1. The van der Waals surface area contributed by atoms with E-state index in [0.717, 1.165) is 61.2 Å². The highest BCUT2D eigenvalue weighted by Gasteiger charge is 2.32. The van der Waals surface area contributed by atoms with E-state index in [-0.39, 0.29) is 11.8 Å². The molecule has 1 aliphatic heterocycles. The summed E-state index contributed by atoms with van der Waals surface area (Å²) in [5.41, 5.74) is 4.75. The van der Waals surface area contributed by atoms with Crippen molar-refractivity contribution in [3.63, 3.8) is 0 Å². The normalized spacial score (nSPS) is 20.0. The summed E-state index contributed by atoms with van der Waals surface area (Å²) in [6.07, 6.45) is 6.28. The molecule has 3 heterocycles. The molecule has 140 valence electrons. The zero-order valence-electron chi connectivity index (χ0n) is 15.6. The van der Waals surface area contributed by atoms with Gasteiger partial charge < -0.3 is 9.32 Å². The van der Waals surface area contributed by atoms with Crippen LogP contribution >= 0.6 is 0 Å². The van der Waals surface area contributed by atoms with Crippen molar-refractivity contribution in [3.05, 3.63) is 47.1 Å². The van der Waals surface area contributed by atoms with Crippen molar-refractivity contribution in [2.75, 3.05) is 13.1 Å².